The molecule has 0 spiro atoms. The van der Waals surface area contributed by atoms with E-state index >= 15 is 0 Å². The number of Topliss-reactive ketones (excluding diaryl/α,β-unsaturated/α-hetero) is 1. The molecule has 0 unspecified atom stereocenters. The highest BCUT2D eigenvalue weighted by molar-refractivity contribution is 6.06. The van der Waals surface area contributed by atoms with Crippen molar-refractivity contribution in [1.82, 2.24) is 4.57 Å². The molecule has 1 aromatic carbocycles. The minimum atomic E-state index is 0.0950. The molecule has 2 aromatic rings. The predicted octanol–water partition coefficient (Wildman–Crippen LogP) is 4.38. The van der Waals surface area contributed by atoms with Crippen molar-refractivity contribution < 1.29 is 4.79 Å². The maximum atomic E-state index is 13.0. The maximum Gasteiger partial charge on any atom is 0.182 e. The van der Waals surface area contributed by atoms with Crippen molar-refractivity contribution in [2.24, 2.45) is 18.9 Å². The minimum absolute atomic E-state index is 0.0950. The molecule has 1 saturated carbocycles. The average molecular weight is 281 g/mol. The number of hydrogen-bond acceptors (Lipinski definition) is 1. The van der Waals surface area contributed by atoms with Gasteiger partial charge in [0.2, 0.25) is 0 Å². The zero-order chi connectivity index (χ0) is 14.9. The molecule has 21 heavy (non-hydrogen) atoms. The van der Waals surface area contributed by atoms with Crippen LogP contribution in [0, 0.1) is 18.8 Å². The van der Waals surface area contributed by atoms with Crippen LogP contribution in [0.15, 0.2) is 18.2 Å². The summed E-state index contributed by atoms with van der Waals surface area (Å²) >= 11 is 0. The van der Waals surface area contributed by atoms with Gasteiger partial charge in [0, 0.05) is 23.9 Å². The third-order valence-corrected chi connectivity index (χ3v) is 6.01. The van der Waals surface area contributed by atoms with Gasteiger partial charge in [0.25, 0.3) is 0 Å². The standard InChI is InChI=1S/C19H23NO/c1-11-8-9-15-13(10-11)16-17(20(15)4)18(21)12-6-5-7-14(12)19(16,2)3/h8-10,12,14H,5-7H2,1-4H3/t12-,14-/m1/s1. The highest BCUT2D eigenvalue weighted by Gasteiger charge is 2.51. The normalized spacial score (nSPS) is 27.0. The average Bonchev–Trinajstić information content (AvgIpc) is 3.01. The van der Waals surface area contributed by atoms with Crippen molar-refractivity contribution in [2.45, 2.75) is 45.4 Å². The van der Waals surface area contributed by atoms with Gasteiger partial charge < -0.3 is 4.57 Å². The van der Waals surface area contributed by atoms with Crippen molar-refractivity contribution in [2.75, 3.05) is 0 Å². The Bertz CT molecular complexity index is 765. The van der Waals surface area contributed by atoms with Crippen LogP contribution in [-0.2, 0) is 12.5 Å². The fraction of sp³-hybridized carbons (Fsp3) is 0.526. The molecule has 0 radical (unpaired) electrons. The lowest BCUT2D eigenvalue weighted by atomic mass is 9.62. The van der Waals surface area contributed by atoms with Gasteiger partial charge in [-0.1, -0.05) is 31.9 Å². The third-order valence-electron chi connectivity index (χ3n) is 6.01. The fourth-order valence-electron chi connectivity index (χ4n) is 5.00. The first kappa shape index (κ1) is 13.1. The predicted molar refractivity (Wildman–Crippen MR) is 85.8 cm³/mol. The molecule has 2 aliphatic rings. The van der Waals surface area contributed by atoms with Crippen LogP contribution in [0.25, 0.3) is 10.9 Å². The van der Waals surface area contributed by atoms with E-state index in [9.17, 15) is 4.79 Å². The van der Waals surface area contributed by atoms with E-state index in [4.69, 9.17) is 0 Å². The number of aryl methyl sites for hydroxylation is 2. The summed E-state index contributed by atoms with van der Waals surface area (Å²) in [4.78, 5) is 13.0. The lowest BCUT2D eigenvalue weighted by molar-refractivity contribution is 0.0809. The molecule has 1 heterocycles. The number of hydrogen-bond donors (Lipinski definition) is 0. The van der Waals surface area contributed by atoms with Crippen molar-refractivity contribution in [3.63, 3.8) is 0 Å². The molecule has 2 heteroatoms. The van der Waals surface area contributed by atoms with E-state index in [1.807, 2.05) is 0 Å². The van der Waals surface area contributed by atoms with Gasteiger partial charge in [0.1, 0.15) is 0 Å². The zero-order valence-electron chi connectivity index (χ0n) is 13.4. The molecule has 1 fully saturated rings. The second-order valence-corrected chi connectivity index (χ2v) is 7.53. The largest absolute Gasteiger partial charge is 0.341 e. The van der Waals surface area contributed by atoms with E-state index in [2.05, 4.69) is 50.6 Å². The molecule has 0 N–H and O–H groups in total. The van der Waals surface area contributed by atoms with Gasteiger partial charge in [-0.15, -0.1) is 0 Å². The molecule has 0 saturated heterocycles. The minimum Gasteiger partial charge on any atom is -0.341 e. The Hall–Kier alpha value is -1.57. The van der Waals surface area contributed by atoms with Gasteiger partial charge in [0.05, 0.1) is 5.69 Å². The first-order chi connectivity index (χ1) is 9.93. The monoisotopic (exact) mass is 281 g/mol. The Morgan fingerprint density at radius 2 is 2.00 bits per heavy atom. The Balaban J connectivity index is 2.12. The molecular formula is C19H23NO. The summed E-state index contributed by atoms with van der Waals surface area (Å²) < 4.78 is 2.14. The summed E-state index contributed by atoms with van der Waals surface area (Å²) in [5.41, 5.74) is 4.85. The number of nitrogens with zero attached hydrogens (tertiary/aromatic N) is 1. The van der Waals surface area contributed by atoms with Gasteiger partial charge in [-0.2, -0.15) is 0 Å². The van der Waals surface area contributed by atoms with E-state index in [0.29, 0.717) is 11.7 Å². The third kappa shape index (κ3) is 1.51. The number of rotatable bonds is 0. The number of fused-ring (bicyclic) bond motifs is 4. The lowest BCUT2D eigenvalue weighted by Crippen LogP contribution is -2.41. The number of ketones is 1. The van der Waals surface area contributed by atoms with Crippen LogP contribution in [0.3, 0.4) is 0 Å². The van der Waals surface area contributed by atoms with Crippen LogP contribution in [0.1, 0.15) is 54.7 Å². The number of benzene rings is 1. The van der Waals surface area contributed by atoms with Crippen molar-refractivity contribution in [3.8, 4) is 0 Å². The molecule has 2 nitrogen and oxygen atoms in total. The summed E-state index contributed by atoms with van der Waals surface area (Å²) in [6.07, 6.45) is 3.48. The quantitative estimate of drug-likeness (QED) is 0.702. The number of aromatic nitrogens is 1. The smallest absolute Gasteiger partial charge is 0.182 e. The summed E-state index contributed by atoms with van der Waals surface area (Å²) in [7, 11) is 2.06. The van der Waals surface area contributed by atoms with Crippen molar-refractivity contribution in [1.29, 1.82) is 0 Å². The first-order valence-corrected chi connectivity index (χ1v) is 8.06. The van der Waals surface area contributed by atoms with Gasteiger partial charge >= 0.3 is 0 Å². The van der Waals surface area contributed by atoms with Crippen molar-refractivity contribution in [3.05, 3.63) is 35.0 Å². The molecular weight excluding hydrogens is 258 g/mol. The Morgan fingerprint density at radius 3 is 2.76 bits per heavy atom. The van der Waals surface area contributed by atoms with Crippen LogP contribution in [0.4, 0.5) is 0 Å². The van der Waals surface area contributed by atoms with Gasteiger partial charge in [-0.25, -0.2) is 0 Å². The second-order valence-electron chi connectivity index (χ2n) is 7.53. The van der Waals surface area contributed by atoms with E-state index in [-0.39, 0.29) is 11.3 Å². The molecule has 1 aromatic heterocycles. The molecule has 0 aliphatic heterocycles. The van der Waals surface area contributed by atoms with Gasteiger partial charge in [-0.05, 0) is 48.8 Å². The molecule has 2 aliphatic carbocycles. The summed E-state index contributed by atoms with van der Waals surface area (Å²) in [6.45, 7) is 6.83. The molecule has 4 rings (SSSR count). The molecule has 2 atom stereocenters. The van der Waals surface area contributed by atoms with Gasteiger partial charge in [-0.3, -0.25) is 4.79 Å². The number of carbonyl (C=O) groups is 1. The van der Waals surface area contributed by atoms with Gasteiger partial charge in [0.15, 0.2) is 5.78 Å². The molecule has 110 valence electrons. The highest BCUT2D eigenvalue weighted by Crippen LogP contribution is 2.53. The number of carbonyl (C=O) groups excluding carboxylic acids is 1. The molecule has 0 amide bonds. The summed E-state index contributed by atoms with van der Waals surface area (Å²) in [6, 6.07) is 6.58. The van der Waals surface area contributed by atoms with Crippen LogP contribution in [0.5, 0.6) is 0 Å². The summed E-state index contributed by atoms with van der Waals surface area (Å²) in [5.74, 6) is 1.16. The fourth-order valence-corrected chi connectivity index (χ4v) is 5.00. The Labute approximate surface area is 126 Å². The van der Waals surface area contributed by atoms with Crippen LogP contribution < -0.4 is 0 Å². The second kappa shape index (κ2) is 4.00. The topological polar surface area (TPSA) is 22.0 Å². The lowest BCUT2D eigenvalue weighted by Gasteiger charge is -2.40. The van der Waals surface area contributed by atoms with E-state index in [0.717, 1.165) is 12.1 Å². The Kier molecular flexibility index (Phi) is 2.50. The highest BCUT2D eigenvalue weighted by atomic mass is 16.1. The first-order valence-electron chi connectivity index (χ1n) is 8.06. The SMILES string of the molecule is Cc1ccc2c(c1)c1c(n2C)C(=O)[C@@H]2CCC[C@H]2C1(C)C. The van der Waals surface area contributed by atoms with Crippen LogP contribution >= 0.6 is 0 Å². The zero-order valence-corrected chi connectivity index (χ0v) is 13.4. The van der Waals surface area contributed by atoms with E-state index < -0.39 is 0 Å². The van der Waals surface area contributed by atoms with E-state index in [1.54, 1.807) is 0 Å². The molecule has 0 bridgehead atoms. The maximum absolute atomic E-state index is 13.0. The summed E-state index contributed by atoms with van der Waals surface area (Å²) in [5, 5.41) is 1.29. The van der Waals surface area contributed by atoms with E-state index in [1.165, 1.54) is 34.9 Å². The van der Waals surface area contributed by atoms with Crippen LogP contribution in [0.2, 0.25) is 0 Å². The van der Waals surface area contributed by atoms with Crippen molar-refractivity contribution >= 4 is 16.7 Å². The van der Waals surface area contributed by atoms with Crippen LogP contribution in [-0.4, -0.2) is 10.4 Å². The Morgan fingerprint density at radius 1 is 1.24 bits per heavy atom.